The topological polar surface area (TPSA) is 6.48 Å². The molecule has 0 radical (unpaired) electrons. The highest BCUT2D eigenvalue weighted by Gasteiger charge is 2.14. The van der Waals surface area contributed by atoms with Crippen molar-refractivity contribution >= 4 is 18.8 Å². The minimum atomic E-state index is -0.546. The van der Waals surface area contributed by atoms with Crippen molar-refractivity contribution in [3.05, 3.63) is 0 Å². The first-order chi connectivity index (χ1) is 4.95. The molecule has 0 aliphatic heterocycles. The fraction of sp³-hybridized carbons (Fsp3) is 1.00. The molecule has 0 aromatic carbocycles. The van der Waals surface area contributed by atoms with E-state index in [1.807, 2.05) is 0 Å². The van der Waals surface area contributed by atoms with Gasteiger partial charge in [-0.1, -0.05) is 26.9 Å². The molecule has 0 aliphatic carbocycles. The third-order valence-corrected chi connectivity index (χ3v) is 8.00. The van der Waals surface area contributed by atoms with E-state index >= 15 is 0 Å². The van der Waals surface area contributed by atoms with Gasteiger partial charge in [0, 0.05) is 0 Å². The average Bonchev–Trinajstić information content (AvgIpc) is 1.81. The summed E-state index contributed by atoms with van der Waals surface area (Å²) >= 11 is 0. The van der Waals surface area contributed by atoms with Crippen LogP contribution in [0, 0.1) is 0 Å². The molecular formula is C7H22N2Si2. The molecule has 0 saturated carbocycles. The van der Waals surface area contributed by atoms with Crippen molar-refractivity contribution in [2.75, 3.05) is 14.1 Å². The minimum absolute atomic E-state index is 0.106. The van der Waals surface area contributed by atoms with E-state index < -0.39 is 8.96 Å². The quantitative estimate of drug-likeness (QED) is 0.586. The van der Waals surface area contributed by atoms with Crippen molar-refractivity contribution in [1.29, 1.82) is 0 Å². The summed E-state index contributed by atoms with van der Waals surface area (Å²) in [6.07, 6.45) is 0. The molecule has 0 bridgehead atoms. The Morgan fingerprint density at radius 1 is 1.18 bits per heavy atom. The normalized spacial score (nSPS) is 13.6. The highest BCUT2D eigenvalue weighted by atomic mass is 28.3. The van der Waals surface area contributed by atoms with Crippen LogP contribution in [-0.2, 0) is 0 Å². The lowest BCUT2D eigenvalue weighted by Crippen LogP contribution is -2.48. The minimum Gasteiger partial charge on any atom is -0.339 e. The van der Waals surface area contributed by atoms with E-state index in [0.717, 1.165) is 6.04 Å². The van der Waals surface area contributed by atoms with Crippen LogP contribution >= 0.6 is 0 Å². The second kappa shape index (κ2) is 5.08. The summed E-state index contributed by atoms with van der Waals surface area (Å²) < 4.78 is 5.12. The molecule has 0 rings (SSSR count). The van der Waals surface area contributed by atoms with Crippen LogP contribution in [0.15, 0.2) is 0 Å². The fourth-order valence-electron chi connectivity index (χ4n) is 1.25. The maximum atomic E-state index is 2.74. The van der Waals surface area contributed by atoms with Crippen molar-refractivity contribution in [2.24, 2.45) is 0 Å². The molecule has 0 aliphatic rings. The highest BCUT2D eigenvalue weighted by Crippen LogP contribution is 2.00. The van der Waals surface area contributed by atoms with Crippen LogP contribution in [0.25, 0.3) is 0 Å². The van der Waals surface area contributed by atoms with Crippen LogP contribution in [0.3, 0.4) is 0 Å². The van der Waals surface area contributed by atoms with Crippen LogP contribution in [-0.4, -0.2) is 47.7 Å². The average molecular weight is 190 g/mol. The van der Waals surface area contributed by atoms with Crippen molar-refractivity contribution < 1.29 is 0 Å². The van der Waals surface area contributed by atoms with Gasteiger partial charge in [0.1, 0.15) is 0 Å². The molecule has 0 aromatic rings. The Kier molecular flexibility index (Phi) is 5.24. The number of hydrogen-bond acceptors (Lipinski definition) is 2. The second-order valence-electron chi connectivity index (χ2n) is 3.92. The molecule has 0 fully saturated rings. The lowest BCUT2D eigenvalue weighted by Gasteiger charge is -2.32. The molecule has 11 heavy (non-hydrogen) atoms. The summed E-state index contributed by atoms with van der Waals surface area (Å²) in [5.74, 6) is 0. The third kappa shape index (κ3) is 4.73. The van der Waals surface area contributed by atoms with Crippen LogP contribution < -0.4 is 0 Å². The van der Waals surface area contributed by atoms with Gasteiger partial charge in [-0.05, 0) is 20.1 Å². The monoisotopic (exact) mass is 190 g/mol. The second-order valence-corrected chi connectivity index (χ2v) is 9.78. The lowest BCUT2D eigenvalue weighted by atomic mass is 10.4. The molecule has 0 amide bonds. The summed E-state index contributed by atoms with van der Waals surface area (Å²) in [4.78, 5) is 0. The van der Waals surface area contributed by atoms with E-state index in [1.54, 1.807) is 0 Å². The molecule has 0 heterocycles. The summed E-state index contributed by atoms with van der Waals surface area (Å²) in [5, 5.41) is 0. The standard InChI is InChI=1S/C7H22N2Si2/c1-7(2)9(11(5)6)10-8(3)4/h7,11H,10H2,1-6H3. The SMILES string of the molecule is CC(C)N([SiH2]N(C)C)[SiH](C)C. The number of nitrogens with zero attached hydrogens (tertiary/aromatic N) is 2. The Morgan fingerprint density at radius 3 is 1.73 bits per heavy atom. The lowest BCUT2D eigenvalue weighted by molar-refractivity contribution is 0.490. The van der Waals surface area contributed by atoms with Gasteiger partial charge >= 0.3 is 0 Å². The molecule has 0 aromatic heterocycles. The maximum absolute atomic E-state index is 2.74. The number of hydrogen-bond donors (Lipinski definition) is 0. The van der Waals surface area contributed by atoms with E-state index in [1.165, 1.54) is 0 Å². The zero-order valence-electron chi connectivity index (χ0n) is 8.76. The Bertz CT molecular complexity index is 96.6. The largest absolute Gasteiger partial charge is 0.339 e. The number of rotatable bonds is 4. The first-order valence-corrected chi connectivity index (χ1v) is 8.44. The van der Waals surface area contributed by atoms with Crippen molar-refractivity contribution in [3.63, 3.8) is 0 Å². The molecular weight excluding hydrogens is 168 g/mol. The van der Waals surface area contributed by atoms with Gasteiger partial charge < -0.3 is 8.80 Å². The molecule has 0 spiro atoms. The van der Waals surface area contributed by atoms with Gasteiger partial charge in [0.25, 0.3) is 0 Å². The van der Waals surface area contributed by atoms with Crippen LogP contribution in [0.4, 0.5) is 0 Å². The first-order valence-electron chi connectivity index (χ1n) is 4.35. The summed E-state index contributed by atoms with van der Waals surface area (Å²) in [5.41, 5.74) is 0. The van der Waals surface area contributed by atoms with Crippen LogP contribution in [0.5, 0.6) is 0 Å². The third-order valence-electron chi connectivity index (χ3n) is 1.77. The molecule has 4 heteroatoms. The highest BCUT2D eigenvalue weighted by molar-refractivity contribution is 6.61. The van der Waals surface area contributed by atoms with E-state index in [0.29, 0.717) is 0 Å². The van der Waals surface area contributed by atoms with E-state index in [9.17, 15) is 0 Å². The van der Waals surface area contributed by atoms with Crippen molar-refractivity contribution in [2.45, 2.75) is 33.0 Å². The van der Waals surface area contributed by atoms with Gasteiger partial charge in [-0.3, -0.25) is 0 Å². The predicted octanol–water partition coefficient (Wildman–Crippen LogP) is 0.241. The van der Waals surface area contributed by atoms with Gasteiger partial charge in [-0.25, -0.2) is 0 Å². The smallest absolute Gasteiger partial charge is 0.165 e. The Hall–Kier alpha value is 0.354. The molecule has 2 nitrogen and oxygen atoms in total. The molecule has 0 saturated heterocycles. The van der Waals surface area contributed by atoms with Gasteiger partial charge in [-0.2, -0.15) is 0 Å². The van der Waals surface area contributed by atoms with Crippen molar-refractivity contribution in [1.82, 2.24) is 8.80 Å². The van der Waals surface area contributed by atoms with E-state index in [-0.39, 0.29) is 9.84 Å². The maximum Gasteiger partial charge on any atom is 0.165 e. The first kappa shape index (κ1) is 11.4. The van der Waals surface area contributed by atoms with Gasteiger partial charge in [0.15, 0.2) is 9.84 Å². The Morgan fingerprint density at radius 2 is 1.64 bits per heavy atom. The Labute approximate surface area is 75.2 Å². The van der Waals surface area contributed by atoms with Gasteiger partial charge in [0.2, 0.25) is 0 Å². The molecule has 0 N–H and O–H groups in total. The van der Waals surface area contributed by atoms with Crippen molar-refractivity contribution in [3.8, 4) is 0 Å². The summed E-state index contributed by atoms with van der Waals surface area (Å²) in [7, 11) is 3.73. The van der Waals surface area contributed by atoms with E-state index in [4.69, 9.17) is 0 Å². The summed E-state index contributed by atoms with van der Waals surface area (Å²) in [6.45, 7) is 9.44. The molecule has 0 unspecified atom stereocenters. The van der Waals surface area contributed by atoms with Crippen LogP contribution in [0.1, 0.15) is 13.8 Å². The van der Waals surface area contributed by atoms with Gasteiger partial charge in [-0.15, -0.1) is 0 Å². The van der Waals surface area contributed by atoms with E-state index in [2.05, 4.69) is 49.8 Å². The summed E-state index contributed by atoms with van der Waals surface area (Å²) in [6, 6.07) is 0.760. The zero-order chi connectivity index (χ0) is 9.02. The Balaban J connectivity index is 3.90. The fourth-order valence-corrected chi connectivity index (χ4v) is 5.71. The predicted molar refractivity (Wildman–Crippen MR) is 58.1 cm³/mol. The van der Waals surface area contributed by atoms with Crippen LogP contribution in [0.2, 0.25) is 13.1 Å². The molecule has 68 valence electrons. The van der Waals surface area contributed by atoms with Gasteiger partial charge in [0.05, 0.1) is 8.96 Å². The molecule has 0 atom stereocenters. The zero-order valence-corrected chi connectivity index (χ0v) is 11.3.